The highest BCUT2D eigenvalue weighted by Gasteiger charge is 2.13. The molecule has 0 fully saturated rings. The van der Waals surface area contributed by atoms with Gasteiger partial charge in [-0.2, -0.15) is 0 Å². The second-order valence-electron chi connectivity index (χ2n) is 5.06. The van der Waals surface area contributed by atoms with Crippen molar-refractivity contribution >= 4 is 11.6 Å². The standard InChI is InChI=1S/C17H19ClFNO/c1-11(13-5-4-6-15(18)9-13)20-12(2)14-7-8-16(19)17(10-14)21-3/h4-12,20H,1-3H3. The third-order valence-electron chi connectivity index (χ3n) is 3.52. The topological polar surface area (TPSA) is 21.3 Å². The fourth-order valence-corrected chi connectivity index (χ4v) is 2.49. The van der Waals surface area contributed by atoms with Crippen molar-refractivity contribution in [1.29, 1.82) is 0 Å². The first-order valence-electron chi connectivity index (χ1n) is 6.86. The van der Waals surface area contributed by atoms with Gasteiger partial charge in [-0.1, -0.05) is 29.8 Å². The van der Waals surface area contributed by atoms with E-state index in [9.17, 15) is 4.39 Å². The minimum absolute atomic E-state index is 0.0634. The van der Waals surface area contributed by atoms with Gasteiger partial charge in [0.25, 0.3) is 0 Å². The van der Waals surface area contributed by atoms with Crippen LogP contribution in [0.2, 0.25) is 5.02 Å². The molecule has 4 heteroatoms. The first-order chi connectivity index (χ1) is 10.0. The van der Waals surface area contributed by atoms with Gasteiger partial charge < -0.3 is 10.1 Å². The molecule has 2 aromatic carbocycles. The summed E-state index contributed by atoms with van der Waals surface area (Å²) in [6, 6.07) is 12.9. The summed E-state index contributed by atoms with van der Waals surface area (Å²) in [7, 11) is 1.47. The highest BCUT2D eigenvalue weighted by Crippen LogP contribution is 2.25. The van der Waals surface area contributed by atoms with Crippen molar-refractivity contribution in [2.75, 3.05) is 7.11 Å². The predicted molar refractivity (Wildman–Crippen MR) is 84.4 cm³/mol. The molecule has 0 aromatic heterocycles. The molecule has 112 valence electrons. The van der Waals surface area contributed by atoms with Gasteiger partial charge in [-0.3, -0.25) is 0 Å². The van der Waals surface area contributed by atoms with Crippen LogP contribution in [0.3, 0.4) is 0 Å². The average Bonchev–Trinajstić information content (AvgIpc) is 2.47. The van der Waals surface area contributed by atoms with Crippen LogP contribution in [0, 0.1) is 5.82 Å². The van der Waals surface area contributed by atoms with E-state index in [4.69, 9.17) is 16.3 Å². The van der Waals surface area contributed by atoms with Crippen molar-refractivity contribution < 1.29 is 9.13 Å². The van der Waals surface area contributed by atoms with E-state index in [1.165, 1.54) is 13.2 Å². The molecule has 0 amide bonds. The number of benzene rings is 2. The number of hydrogen-bond acceptors (Lipinski definition) is 2. The molecule has 2 aromatic rings. The van der Waals surface area contributed by atoms with Gasteiger partial charge in [-0.15, -0.1) is 0 Å². The number of hydrogen-bond donors (Lipinski definition) is 1. The number of methoxy groups -OCH3 is 1. The van der Waals surface area contributed by atoms with Gasteiger partial charge in [0, 0.05) is 17.1 Å². The molecule has 0 aliphatic rings. The molecule has 21 heavy (non-hydrogen) atoms. The Morgan fingerprint density at radius 2 is 1.71 bits per heavy atom. The minimum atomic E-state index is -0.351. The number of rotatable bonds is 5. The van der Waals surface area contributed by atoms with Crippen LogP contribution in [0.1, 0.15) is 37.1 Å². The summed E-state index contributed by atoms with van der Waals surface area (Å²) in [6.07, 6.45) is 0. The van der Waals surface area contributed by atoms with Gasteiger partial charge in [0.2, 0.25) is 0 Å². The molecule has 0 heterocycles. The zero-order valence-corrected chi connectivity index (χ0v) is 13.1. The maximum atomic E-state index is 13.4. The third-order valence-corrected chi connectivity index (χ3v) is 3.76. The number of ether oxygens (including phenoxy) is 1. The SMILES string of the molecule is COc1cc(C(C)NC(C)c2cccc(Cl)c2)ccc1F. The Balaban J connectivity index is 2.12. The second-order valence-corrected chi connectivity index (χ2v) is 5.50. The van der Waals surface area contributed by atoms with Crippen LogP contribution >= 0.6 is 11.6 Å². The van der Waals surface area contributed by atoms with E-state index in [-0.39, 0.29) is 23.7 Å². The monoisotopic (exact) mass is 307 g/mol. The predicted octanol–water partition coefficient (Wildman–Crippen LogP) is 4.90. The van der Waals surface area contributed by atoms with Gasteiger partial charge >= 0.3 is 0 Å². The molecule has 2 atom stereocenters. The smallest absolute Gasteiger partial charge is 0.165 e. The Morgan fingerprint density at radius 3 is 2.33 bits per heavy atom. The summed E-state index contributed by atoms with van der Waals surface area (Å²) in [4.78, 5) is 0. The summed E-state index contributed by atoms with van der Waals surface area (Å²) < 4.78 is 18.5. The molecule has 0 saturated heterocycles. The quantitative estimate of drug-likeness (QED) is 0.848. The van der Waals surface area contributed by atoms with Crippen molar-refractivity contribution in [1.82, 2.24) is 5.32 Å². The summed E-state index contributed by atoms with van der Waals surface area (Å²) in [5, 5.41) is 4.19. The van der Waals surface area contributed by atoms with E-state index in [1.807, 2.05) is 31.2 Å². The average molecular weight is 308 g/mol. The van der Waals surface area contributed by atoms with E-state index in [2.05, 4.69) is 12.2 Å². The Labute approximate surface area is 129 Å². The van der Waals surface area contributed by atoms with Crippen molar-refractivity contribution in [3.05, 3.63) is 64.4 Å². The van der Waals surface area contributed by atoms with E-state index in [1.54, 1.807) is 12.1 Å². The molecular weight excluding hydrogens is 289 g/mol. The first-order valence-corrected chi connectivity index (χ1v) is 7.24. The van der Waals surface area contributed by atoms with Gasteiger partial charge in [0.1, 0.15) is 0 Å². The van der Waals surface area contributed by atoms with Crippen LogP contribution in [0.4, 0.5) is 4.39 Å². The van der Waals surface area contributed by atoms with Crippen molar-refractivity contribution in [2.24, 2.45) is 0 Å². The Kier molecular flexibility index (Phi) is 5.21. The summed E-state index contributed by atoms with van der Waals surface area (Å²) in [5.41, 5.74) is 2.09. The van der Waals surface area contributed by atoms with Crippen LogP contribution in [-0.4, -0.2) is 7.11 Å². The Hall–Kier alpha value is -1.58. The van der Waals surface area contributed by atoms with Crippen molar-refractivity contribution in [3.63, 3.8) is 0 Å². The van der Waals surface area contributed by atoms with E-state index in [0.29, 0.717) is 0 Å². The lowest BCUT2D eigenvalue weighted by molar-refractivity contribution is 0.384. The highest BCUT2D eigenvalue weighted by atomic mass is 35.5. The van der Waals surface area contributed by atoms with E-state index < -0.39 is 0 Å². The molecule has 1 N–H and O–H groups in total. The molecule has 0 aliphatic carbocycles. The summed E-state index contributed by atoms with van der Waals surface area (Å²) in [5.74, 6) is -0.0899. The molecular formula is C17H19ClFNO. The normalized spacial score (nSPS) is 13.8. The van der Waals surface area contributed by atoms with Crippen LogP contribution in [0.15, 0.2) is 42.5 Å². The molecule has 0 saturated carbocycles. The van der Waals surface area contributed by atoms with Crippen LogP contribution in [-0.2, 0) is 0 Å². The second kappa shape index (κ2) is 6.92. The number of nitrogens with one attached hydrogen (secondary N) is 1. The fraction of sp³-hybridized carbons (Fsp3) is 0.294. The maximum Gasteiger partial charge on any atom is 0.165 e. The zero-order valence-electron chi connectivity index (χ0n) is 12.4. The molecule has 0 bridgehead atoms. The number of halogens is 2. The first kappa shape index (κ1) is 15.8. The molecule has 0 aliphatic heterocycles. The van der Waals surface area contributed by atoms with Crippen molar-refractivity contribution in [2.45, 2.75) is 25.9 Å². The molecule has 0 radical (unpaired) electrons. The molecule has 2 unspecified atom stereocenters. The van der Waals surface area contributed by atoms with Crippen LogP contribution in [0.5, 0.6) is 5.75 Å². The van der Waals surface area contributed by atoms with Crippen molar-refractivity contribution in [3.8, 4) is 5.75 Å². The lowest BCUT2D eigenvalue weighted by Gasteiger charge is -2.21. The molecule has 2 nitrogen and oxygen atoms in total. The van der Waals surface area contributed by atoms with E-state index in [0.717, 1.165) is 16.1 Å². The van der Waals surface area contributed by atoms with Gasteiger partial charge in [-0.25, -0.2) is 4.39 Å². The minimum Gasteiger partial charge on any atom is -0.494 e. The van der Waals surface area contributed by atoms with Crippen LogP contribution < -0.4 is 10.1 Å². The fourth-order valence-electron chi connectivity index (χ4n) is 2.29. The van der Waals surface area contributed by atoms with Gasteiger partial charge in [0.15, 0.2) is 11.6 Å². The summed E-state index contributed by atoms with van der Waals surface area (Å²) in [6.45, 7) is 4.11. The summed E-state index contributed by atoms with van der Waals surface area (Å²) >= 11 is 6.01. The lowest BCUT2D eigenvalue weighted by atomic mass is 10.0. The third kappa shape index (κ3) is 3.96. The largest absolute Gasteiger partial charge is 0.494 e. The van der Waals surface area contributed by atoms with E-state index >= 15 is 0 Å². The molecule has 2 rings (SSSR count). The van der Waals surface area contributed by atoms with Gasteiger partial charge in [0.05, 0.1) is 7.11 Å². The van der Waals surface area contributed by atoms with Crippen LogP contribution in [0.25, 0.3) is 0 Å². The van der Waals surface area contributed by atoms with Gasteiger partial charge in [-0.05, 0) is 49.2 Å². The molecule has 0 spiro atoms. The lowest BCUT2D eigenvalue weighted by Crippen LogP contribution is -2.22. The Morgan fingerprint density at radius 1 is 1.05 bits per heavy atom. The Bertz CT molecular complexity index is 617. The highest BCUT2D eigenvalue weighted by molar-refractivity contribution is 6.30. The zero-order chi connectivity index (χ0) is 15.4. The maximum absolute atomic E-state index is 13.4.